The molecule has 2 aromatic carbocycles. The molecular formula is C26H24N4O4. The molecule has 0 unspecified atom stereocenters. The summed E-state index contributed by atoms with van der Waals surface area (Å²) < 4.78 is 10.6. The molecule has 172 valence electrons. The van der Waals surface area contributed by atoms with Crippen molar-refractivity contribution in [1.29, 1.82) is 0 Å². The number of ether oxygens (including phenoxy) is 1. The Kier molecular flexibility index (Phi) is 7.29. The predicted molar refractivity (Wildman–Crippen MR) is 126 cm³/mol. The van der Waals surface area contributed by atoms with Gasteiger partial charge in [-0.15, -0.1) is 0 Å². The Morgan fingerprint density at radius 2 is 1.82 bits per heavy atom. The van der Waals surface area contributed by atoms with Crippen LogP contribution in [0.25, 0.3) is 11.3 Å². The van der Waals surface area contributed by atoms with E-state index >= 15 is 0 Å². The van der Waals surface area contributed by atoms with E-state index in [9.17, 15) is 9.59 Å². The highest BCUT2D eigenvalue weighted by Crippen LogP contribution is 2.24. The van der Waals surface area contributed by atoms with Crippen LogP contribution in [-0.4, -0.2) is 35.1 Å². The molecule has 1 atom stereocenters. The van der Waals surface area contributed by atoms with Crippen LogP contribution in [0.2, 0.25) is 0 Å². The van der Waals surface area contributed by atoms with Gasteiger partial charge in [-0.3, -0.25) is 14.6 Å². The Morgan fingerprint density at radius 1 is 1.00 bits per heavy atom. The van der Waals surface area contributed by atoms with Crippen molar-refractivity contribution in [2.45, 2.75) is 19.0 Å². The molecule has 0 aliphatic carbocycles. The summed E-state index contributed by atoms with van der Waals surface area (Å²) in [7, 11) is 1.57. The molecule has 0 fully saturated rings. The number of methoxy groups -OCH3 is 1. The topological polar surface area (TPSA) is 106 Å². The number of aromatic nitrogens is 2. The lowest BCUT2D eigenvalue weighted by molar-refractivity contribution is -0.123. The van der Waals surface area contributed by atoms with Crippen LogP contribution in [0.4, 0.5) is 0 Å². The first-order chi connectivity index (χ1) is 16.6. The maximum atomic E-state index is 13.0. The van der Waals surface area contributed by atoms with Crippen LogP contribution >= 0.6 is 0 Å². The summed E-state index contributed by atoms with van der Waals surface area (Å²) in [4.78, 5) is 30.1. The Bertz CT molecular complexity index is 1240. The van der Waals surface area contributed by atoms with Crippen molar-refractivity contribution in [3.05, 3.63) is 102 Å². The second-order valence-corrected chi connectivity index (χ2v) is 7.56. The third-order valence-corrected chi connectivity index (χ3v) is 5.17. The fourth-order valence-electron chi connectivity index (χ4n) is 3.39. The molecule has 0 spiro atoms. The zero-order valence-electron chi connectivity index (χ0n) is 18.6. The molecule has 0 aliphatic heterocycles. The number of carbonyl (C=O) groups excluding carboxylic acids is 2. The lowest BCUT2D eigenvalue weighted by Crippen LogP contribution is -2.48. The van der Waals surface area contributed by atoms with Gasteiger partial charge in [0, 0.05) is 24.2 Å². The summed E-state index contributed by atoms with van der Waals surface area (Å²) in [6, 6.07) is 22.9. The Morgan fingerprint density at radius 3 is 2.59 bits per heavy atom. The van der Waals surface area contributed by atoms with E-state index in [1.807, 2.05) is 60.7 Å². The highest BCUT2D eigenvalue weighted by molar-refractivity contribution is 5.96. The first-order valence-electron chi connectivity index (χ1n) is 10.8. The van der Waals surface area contributed by atoms with Crippen molar-refractivity contribution in [2.24, 2.45) is 0 Å². The lowest BCUT2D eigenvalue weighted by atomic mass is 10.0. The molecule has 0 bridgehead atoms. The van der Waals surface area contributed by atoms with Crippen LogP contribution in [0.15, 0.2) is 89.6 Å². The van der Waals surface area contributed by atoms with Gasteiger partial charge < -0.3 is 19.9 Å². The molecule has 0 saturated carbocycles. The summed E-state index contributed by atoms with van der Waals surface area (Å²) >= 11 is 0. The van der Waals surface area contributed by atoms with E-state index in [0.29, 0.717) is 17.9 Å². The maximum Gasteiger partial charge on any atom is 0.274 e. The number of hydrogen-bond donors (Lipinski definition) is 2. The third kappa shape index (κ3) is 5.86. The van der Waals surface area contributed by atoms with Crippen molar-refractivity contribution in [1.82, 2.24) is 20.8 Å². The maximum absolute atomic E-state index is 13.0. The zero-order chi connectivity index (χ0) is 23.8. The lowest BCUT2D eigenvalue weighted by Gasteiger charge is -2.18. The molecule has 4 rings (SSSR count). The number of hydrogen-bond acceptors (Lipinski definition) is 6. The van der Waals surface area contributed by atoms with Gasteiger partial charge in [-0.1, -0.05) is 53.7 Å². The monoisotopic (exact) mass is 456 g/mol. The average molecular weight is 457 g/mol. The van der Waals surface area contributed by atoms with Gasteiger partial charge in [0.2, 0.25) is 5.91 Å². The molecular weight excluding hydrogens is 432 g/mol. The van der Waals surface area contributed by atoms with Crippen molar-refractivity contribution < 1.29 is 18.8 Å². The van der Waals surface area contributed by atoms with Crippen LogP contribution in [0.3, 0.4) is 0 Å². The smallest absolute Gasteiger partial charge is 0.274 e. The largest absolute Gasteiger partial charge is 0.497 e. The van der Waals surface area contributed by atoms with Gasteiger partial charge >= 0.3 is 0 Å². The molecule has 2 heterocycles. The SMILES string of the molecule is COc1cccc(-c2cc(C(=O)N[C@@H](Cc3ccccc3)C(=O)NCc3ccccn3)no2)c1. The Hall–Kier alpha value is -4.46. The van der Waals surface area contributed by atoms with Crippen LogP contribution in [-0.2, 0) is 17.8 Å². The first kappa shape index (κ1) is 22.7. The van der Waals surface area contributed by atoms with E-state index in [2.05, 4.69) is 20.8 Å². The Labute approximate surface area is 197 Å². The number of nitrogens with zero attached hydrogens (tertiary/aromatic N) is 2. The fraction of sp³-hybridized carbons (Fsp3) is 0.154. The molecule has 0 aliphatic rings. The average Bonchev–Trinajstić information content (AvgIpc) is 3.39. The minimum atomic E-state index is -0.810. The fourth-order valence-corrected chi connectivity index (χ4v) is 3.39. The van der Waals surface area contributed by atoms with E-state index in [1.54, 1.807) is 25.4 Å². The van der Waals surface area contributed by atoms with Crippen molar-refractivity contribution in [2.75, 3.05) is 7.11 Å². The molecule has 8 nitrogen and oxygen atoms in total. The molecule has 2 amide bonds. The molecule has 2 N–H and O–H groups in total. The summed E-state index contributed by atoms with van der Waals surface area (Å²) in [6.45, 7) is 0.255. The van der Waals surface area contributed by atoms with E-state index in [4.69, 9.17) is 9.26 Å². The van der Waals surface area contributed by atoms with Crippen LogP contribution in [0, 0.1) is 0 Å². The first-order valence-corrected chi connectivity index (χ1v) is 10.8. The summed E-state index contributed by atoms with van der Waals surface area (Å²) in [5.74, 6) is 0.252. The number of pyridine rings is 1. The van der Waals surface area contributed by atoms with Gasteiger partial charge in [0.1, 0.15) is 11.8 Å². The number of rotatable bonds is 9. The van der Waals surface area contributed by atoms with Crippen molar-refractivity contribution >= 4 is 11.8 Å². The molecule has 34 heavy (non-hydrogen) atoms. The van der Waals surface area contributed by atoms with Gasteiger partial charge in [0.15, 0.2) is 11.5 Å². The minimum Gasteiger partial charge on any atom is -0.497 e. The number of amides is 2. The second-order valence-electron chi connectivity index (χ2n) is 7.56. The van der Waals surface area contributed by atoms with Gasteiger partial charge in [-0.2, -0.15) is 0 Å². The van der Waals surface area contributed by atoms with Crippen molar-refractivity contribution in [3.63, 3.8) is 0 Å². The van der Waals surface area contributed by atoms with E-state index in [0.717, 1.165) is 16.8 Å². The van der Waals surface area contributed by atoms with E-state index < -0.39 is 11.9 Å². The van der Waals surface area contributed by atoms with Crippen LogP contribution in [0.1, 0.15) is 21.7 Å². The second kappa shape index (κ2) is 10.9. The van der Waals surface area contributed by atoms with E-state index in [1.165, 1.54) is 6.07 Å². The zero-order valence-corrected chi connectivity index (χ0v) is 18.6. The quantitative estimate of drug-likeness (QED) is 0.400. The van der Waals surface area contributed by atoms with Crippen molar-refractivity contribution in [3.8, 4) is 17.1 Å². The van der Waals surface area contributed by atoms with Gasteiger partial charge in [-0.25, -0.2) is 0 Å². The Balaban J connectivity index is 1.48. The molecule has 0 radical (unpaired) electrons. The normalized spacial score (nSPS) is 11.4. The number of carbonyl (C=O) groups is 2. The summed E-state index contributed by atoms with van der Waals surface area (Å²) in [5.41, 5.74) is 2.44. The molecule has 4 aromatic rings. The van der Waals surface area contributed by atoms with Gasteiger partial charge in [-0.05, 0) is 29.8 Å². The van der Waals surface area contributed by atoms with Gasteiger partial charge in [0.05, 0.1) is 19.3 Å². The third-order valence-electron chi connectivity index (χ3n) is 5.17. The standard InChI is InChI=1S/C26H24N4O4/c1-33-21-12-7-10-19(15-21)24-16-23(30-34-24)26(32)29-22(14-18-8-3-2-4-9-18)25(31)28-17-20-11-5-6-13-27-20/h2-13,15-16,22H,14,17H2,1H3,(H,28,31)(H,29,32)/t22-/m0/s1. The molecule has 0 saturated heterocycles. The van der Waals surface area contributed by atoms with Gasteiger partial charge in [0.25, 0.3) is 5.91 Å². The van der Waals surface area contributed by atoms with Crippen LogP contribution < -0.4 is 15.4 Å². The highest BCUT2D eigenvalue weighted by atomic mass is 16.5. The minimum absolute atomic E-state index is 0.0772. The van der Waals surface area contributed by atoms with E-state index in [-0.39, 0.29) is 18.1 Å². The molecule has 8 heteroatoms. The highest BCUT2D eigenvalue weighted by Gasteiger charge is 2.24. The summed E-state index contributed by atoms with van der Waals surface area (Å²) in [6.07, 6.45) is 1.98. The molecule has 2 aromatic heterocycles. The van der Waals surface area contributed by atoms with Crippen LogP contribution in [0.5, 0.6) is 5.75 Å². The predicted octanol–water partition coefficient (Wildman–Crippen LogP) is 3.40. The number of nitrogens with one attached hydrogen (secondary N) is 2. The summed E-state index contributed by atoms with van der Waals surface area (Å²) in [5, 5.41) is 9.52. The number of benzene rings is 2.